The largest absolute Gasteiger partial charge is 0.344 e. The first-order valence-corrected chi connectivity index (χ1v) is 9.24. The number of nitrogens with zero attached hydrogens (tertiary/aromatic N) is 3. The number of rotatable bonds is 3. The van der Waals surface area contributed by atoms with E-state index < -0.39 is 0 Å². The van der Waals surface area contributed by atoms with Gasteiger partial charge < -0.3 is 10.2 Å². The van der Waals surface area contributed by atoms with Gasteiger partial charge in [0.05, 0.1) is 6.20 Å². The van der Waals surface area contributed by atoms with Gasteiger partial charge in [0, 0.05) is 36.9 Å². The van der Waals surface area contributed by atoms with E-state index in [2.05, 4.69) is 16.5 Å². The number of hydrogen-bond acceptors (Lipinski definition) is 3. The molecule has 0 bridgehead atoms. The van der Waals surface area contributed by atoms with Crippen molar-refractivity contribution in [2.45, 2.75) is 32.4 Å². The molecule has 1 aliphatic heterocycles. The van der Waals surface area contributed by atoms with Gasteiger partial charge in [0.15, 0.2) is 0 Å². The fourth-order valence-corrected chi connectivity index (χ4v) is 4.41. The van der Waals surface area contributed by atoms with E-state index in [4.69, 9.17) is 11.6 Å². The molecule has 1 saturated heterocycles. The number of nitrogens with one attached hydrogen (secondary N) is 1. The van der Waals surface area contributed by atoms with Gasteiger partial charge in [0.1, 0.15) is 0 Å². The summed E-state index contributed by atoms with van der Waals surface area (Å²) in [7, 11) is 0. The van der Waals surface area contributed by atoms with Crippen LogP contribution >= 0.6 is 11.6 Å². The first-order valence-electron chi connectivity index (χ1n) is 8.87. The Morgan fingerprint density at radius 1 is 1.32 bits per heavy atom. The van der Waals surface area contributed by atoms with Crippen molar-refractivity contribution in [1.82, 2.24) is 20.0 Å². The second kappa shape index (κ2) is 6.81. The van der Waals surface area contributed by atoms with Crippen molar-refractivity contribution in [2.24, 2.45) is 11.8 Å². The fourth-order valence-electron chi connectivity index (χ4n) is 4.19. The topological polar surface area (TPSA) is 50.2 Å². The van der Waals surface area contributed by atoms with Gasteiger partial charge in [-0.05, 0) is 54.9 Å². The molecule has 6 heteroatoms. The van der Waals surface area contributed by atoms with E-state index in [0.29, 0.717) is 17.9 Å². The molecule has 2 fully saturated rings. The van der Waals surface area contributed by atoms with Gasteiger partial charge in [0.25, 0.3) is 0 Å². The summed E-state index contributed by atoms with van der Waals surface area (Å²) < 4.78 is 1.46. The Balaban J connectivity index is 1.29. The van der Waals surface area contributed by atoms with Crippen LogP contribution in [0.25, 0.3) is 0 Å². The summed E-state index contributed by atoms with van der Waals surface area (Å²) in [6, 6.07) is 8.53. The van der Waals surface area contributed by atoms with Crippen LogP contribution in [0.5, 0.6) is 0 Å². The summed E-state index contributed by atoms with van der Waals surface area (Å²) in [4.78, 5) is 14.5. The number of benzene rings is 1. The third-order valence-corrected chi connectivity index (χ3v) is 5.65. The lowest BCUT2D eigenvalue weighted by Crippen LogP contribution is -2.35. The number of hydrogen-bond donors (Lipinski definition) is 1. The number of aromatic nitrogens is 2. The van der Waals surface area contributed by atoms with Crippen LogP contribution in [-0.2, 0) is 6.54 Å². The van der Waals surface area contributed by atoms with Crippen LogP contribution in [0.3, 0.4) is 0 Å². The standard InChI is InChI=1S/C19H23ClN4O/c1-13-8-22-24(10-13)19(25)23-11-15-6-18(7-16(15)12-23)21-9-14-3-2-4-17(20)5-14/h2-5,8,10,15-16,18,21H,6-7,9,11-12H2,1H3/t15-,16+,18?. The average Bonchev–Trinajstić information content (AvgIpc) is 3.26. The zero-order chi connectivity index (χ0) is 17.4. The SMILES string of the molecule is Cc1cnn(C(=O)N2C[C@H]3CC(NCc4cccc(Cl)c4)C[C@H]3C2)c1. The number of amides is 1. The zero-order valence-electron chi connectivity index (χ0n) is 14.4. The molecule has 1 saturated carbocycles. The Hall–Kier alpha value is -1.85. The zero-order valence-corrected chi connectivity index (χ0v) is 15.1. The second-order valence-electron chi connectivity index (χ2n) is 7.35. The Kier molecular flexibility index (Phi) is 4.52. The summed E-state index contributed by atoms with van der Waals surface area (Å²) in [5.74, 6) is 1.19. The Labute approximate surface area is 153 Å². The predicted molar refractivity (Wildman–Crippen MR) is 97.6 cm³/mol. The molecule has 2 aliphatic rings. The van der Waals surface area contributed by atoms with Gasteiger partial charge in [-0.15, -0.1) is 0 Å². The Morgan fingerprint density at radius 3 is 2.72 bits per heavy atom. The van der Waals surface area contributed by atoms with E-state index in [1.165, 1.54) is 10.2 Å². The maximum Gasteiger partial charge on any atom is 0.344 e. The molecule has 1 aliphatic carbocycles. The van der Waals surface area contributed by atoms with Crippen molar-refractivity contribution < 1.29 is 4.79 Å². The van der Waals surface area contributed by atoms with Crippen LogP contribution in [0.2, 0.25) is 5.02 Å². The lowest BCUT2D eigenvalue weighted by molar-refractivity contribution is 0.202. The molecule has 1 aromatic carbocycles. The van der Waals surface area contributed by atoms with Crippen molar-refractivity contribution >= 4 is 17.6 Å². The van der Waals surface area contributed by atoms with Gasteiger partial charge >= 0.3 is 6.03 Å². The number of carbonyl (C=O) groups excluding carboxylic acids is 1. The molecule has 3 atom stereocenters. The molecule has 4 rings (SSSR count). The smallest absolute Gasteiger partial charge is 0.322 e. The van der Waals surface area contributed by atoms with Gasteiger partial charge in [-0.25, -0.2) is 4.79 Å². The van der Waals surface area contributed by atoms with Crippen LogP contribution < -0.4 is 5.32 Å². The minimum absolute atomic E-state index is 0.00550. The van der Waals surface area contributed by atoms with Crippen LogP contribution in [0.1, 0.15) is 24.0 Å². The minimum Gasteiger partial charge on any atom is -0.322 e. The van der Waals surface area contributed by atoms with E-state index in [1.54, 1.807) is 12.4 Å². The van der Waals surface area contributed by atoms with E-state index in [-0.39, 0.29) is 6.03 Å². The molecule has 5 nitrogen and oxygen atoms in total. The lowest BCUT2D eigenvalue weighted by Gasteiger charge is -2.19. The summed E-state index contributed by atoms with van der Waals surface area (Å²) in [6.45, 7) is 4.49. The van der Waals surface area contributed by atoms with Crippen molar-refractivity contribution in [2.75, 3.05) is 13.1 Å². The first kappa shape index (κ1) is 16.6. The van der Waals surface area contributed by atoms with Crippen LogP contribution in [0.4, 0.5) is 4.79 Å². The van der Waals surface area contributed by atoms with Crippen molar-refractivity contribution in [3.8, 4) is 0 Å². The molecule has 0 spiro atoms. The van der Waals surface area contributed by atoms with Crippen molar-refractivity contribution in [3.63, 3.8) is 0 Å². The van der Waals surface area contributed by atoms with Crippen molar-refractivity contribution in [1.29, 1.82) is 0 Å². The lowest BCUT2D eigenvalue weighted by atomic mass is 10.0. The average molecular weight is 359 g/mol. The van der Waals surface area contributed by atoms with Gasteiger partial charge in [-0.2, -0.15) is 9.78 Å². The molecule has 132 valence electrons. The maximum absolute atomic E-state index is 12.5. The normalized spacial score (nSPS) is 25.4. The summed E-state index contributed by atoms with van der Waals surface area (Å²) in [5, 5.41) is 8.58. The second-order valence-corrected chi connectivity index (χ2v) is 7.79. The summed E-state index contributed by atoms with van der Waals surface area (Å²) in [6.07, 6.45) is 5.79. The Morgan fingerprint density at radius 2 is 2.08 bits per heavy atom. The van der Waals surface area contributed by atoms with E-state index in [1.807, 2.05) is 30.0 Å². The van der Waals surface area contributed by atoms with Crippen LogP contribution in [0, 0.1) is 18.8 Å². The van der Waals surface area contributed by atoms with Gasteiger partial charge in [-0.3, -0.25) is 0 Å². The van der Waals surface area contributed by atoms with Gasteiger partial charge in [-0.1, -0.05) is 23.7 Å². The third kappa shape index (κ3) is 3.58. The molecule has 2 aromatic rings. The number of fused-ring (bicyclic) bond motifs is 1. The Bertz CT molecular complexity index is 760. The molecule has 2 heterocycles. The fraction of sp³-hybridized carbons (Fsp3) is 0.474. The number of aryl methyl sites for hydroxylation is 1. The summed E-state index contributed by atoms with van der Waals surface area (Å²) >= 11 is 6.04. The van der Waals surface area contributed by atoms with E-state index >= 15 is 0 Å². The molecule has 0 radical (unpaired) electrons. The molecule has 1 unspecified atom stereocenters. The molecular weight excluding hydrogens is 336 g/mol. The molecule has 25 heavy (non-hydrogen) atoms. The predicted octanol–water partition coefficient (Wildman–Crippen LogP) is 3.31. The van der Waals surface area contributed by atoms with Crippen LogP contribution in [0.15, 0.2) is 36.7 Å². The highest BCUT2D eigenvalue weighted by Gasteiger charge is 2.42. The monoisotopic (exact) mass is 358 g/mol. The molecule has 1 N–H and O–H groups in total. The number of likely N-dealkylation sites (tertiary alicyclic amines) is 1. The van der Waals surface area contributed by atoms with E-state index in [0.717, 1.165) is 43.1 Å². The molecular formula is C19H23ClN4O. The highest BCUT2D eigenvalue weighted by atomic mass is 35.5. The number of halogens is 1. The maximum atomic E-state index is 12.5. The molecule has 1 aromatic heterocycles. The van der Waals surface area contributed by atoms with Crippen LogP contribution in [-0.4, -0.2) is 39.8 Å². The highest BCUT2D eigenvalue weighted by Crippen LogP contribution is 2.38. The van der Waals surface area contributed by atoms with Crippen molar-refractivity contribution in [3.05, 3.63) is 52.8 Å². The van der Waals surface area contributed by atoms with Gasteiger partial charge in [0.2, 0.25) is 0 Å². The quantitative estimate of drug-likeness (QED) is 0.915. The molecule has 1 amide bonds. The van der Waals surface area contributed by atoms with E-state index in [9.17, 15) is 4.79 Å². The summed E-state index contributed by atoms with van der Waals surface area (Å²) in [5.41, 5.74) is 2.23. The minimum atomic E-state index is 0.00550. The third-order valence-electron chi connectivity index (χ3n) is 5.41. The first-order chi connectivity index (χ1) is 12.1. The highest BCUT2D eigenvalue weighted by molar-refractivity contribution is 6.30. The number of carbonyl (C=O) groups is 1.